The molecule has 2 heterocycles. The summed E-state index contributed by atoms with van der Waals surface area (Å²) in [5.74, 6) is 0.641. The van der Waals surface area contributed by atoms with E-state index in [1.165, 1.54) is 0 Å². The summed E-state index contributed by atoms with van der Waals surface area (Å²) in [7, 11) is 3.52. The van der Waals surface area contributed by atoms with E-state index in [1.54, 1.807) is 13.3 Å². The molecule has 0 aliphatic rings. The standard InChI is InChI=1S/C15H18N4O/c1-11-13(7-14(8-16)19(11)2)10-17-9-12-5-4-6-18-15(12)20-3/h4-7,17H,9-10H2,1-3H3. The average Bonchev–Trinajstić information content (AvgIpc) is 2.75. The Morgan fingerprint density at radius 1 is 1.40 bits per heavy atom. The zero-order valence-electron chi connectivity index (χ0n) is 12.0. The number of methoxy groups -OCH3 is 1. The number of nitrogens with one attached hydrogen (secondary N) is 1. The lowest BCUT2D eigenvalue weighted by Gasteiger charge is -2.08. The highest BCUT2D eigenvalue weighted by Crippen LogP contribution is 2.15. The van der Waals surface area contributed by atoms with Crippen LogP contribution in [0.25, 0.3) is 0 Å². The van der Waals surface area contributed by atoms with Gasteiger partial charge >= 0.3 is 0 Å². The maximum Gasteiger partial charge on any atom is 0.217 e. The van der Waals surface area contributed by atoms with Crippen molar-refractivity contribution in [1.29, 1.82) is 5.26 Å². The molecule has 5 nitrogen and oxygen atoms in total. The molecule has 0 atom stereocenters. The molecule has 0 unspecified atom stereocenters. The predicted octanol–water partition coefficient (Wildman–Crippen LogP) is 1.90. The van der Waals surface area contributed by atoms with E-state index in [4.69, 9.17) is 10.00 Å². The van der Waals surface area contributed by atoms with Crippen molar-refractivity contribution >= 4 is 0 Å². The highest BCUT2D eigenvalue weighted by atomic mass is 16.5. The molecule has 2 rings (SSSR count). The molecule has 0 spiro atoms. The molecule has 0 fully saturated rings. The molecule has 20 heavy (non-hydrogen) atoms. The average molecular weight is 270 g/mol. The van der Waals surface area contributed by atoms with Gasteiger partial charge in [0.05, 0.1) is 7.11 Å². The fourth-order valence-corrected chi connectivity index (χ4v) is 2.12. The predicted molar refractivity (Wildman–Crippen MR) is 76.2 cm³/mol. The molecule has 0 bridgehead atoms. The van der Waals surface area contributed by atoms with Crippen LogP contribution >= 0.6 is 0 Å². The Hall–Kier alpha value is -2.32. The molecule has 0 aliphatic carbocycles. The van der Waals surface area contributed by atoms with Crippen LogP contribution in [0.15, 0.2) is 24.4 Å². The normalized spacial score (nSPS) is 10.3. The van der Waals surface area contributed by atoms with Gasteiger partial charge in [0.2, 0.25) is 5.88 Å². The van der Waals surface area contributed by atoms with Crippen molar-refractivity contribution in [2.24, 2.45) is 7.05 Å². The van der Waals surface area contributed by atoms with Crippen molar-refractivity contribution in [3.63, 3.8) is 0 Å². The number of rotatable bonds is 5. The van der Waals surface area contributed by atoms with Gasteiger partial charge in [0, 0.05) is 37.6 Å². The number of aromatic nitrogens is 2. The van der Waals surface area contributed by atoms with E-state index in [0.717, 1.165) is 16.8 Å². The van der Waals surface area contributed by atoms with Crippen LogP contribution < -0.4 is 10.1 Å². The zero-order valence-corrected chi connectivity index (χ0v) is 12.0. The van der Waals surface area contributed by atoms with Crippen LogP contribution in [-0.4, -0.2) is 16.7 Å². The first-order valence-corrected chi connectivity index (χ1v) is 6.41. The van der Waals surface area contributed by atoms with Gasteiger partial charge in [-0.15, -0.1) is 0 Å². The fourth-order valence-electron chi connectivity index (χ4n) is 2.12. The molecule has 0 radical (unpaired) electrons. The molecule has 2 aromatic rings. The molecular formula is C15H18N4O. The third kappa shape index (κ3) is 2.81. The summed E-state index contributed by atoms with van der Waals surface area (Å²) in [5.41, 5.74) is 3.93. The number of hydrogen-bond donors (Lipinski definition) is 1. The van der Waals surface area contributed by atoms with Gasteiger partial charge in [-0.2, -0.15) is 5.26 Å². The SMILES string of the molecule is COc1ncccc1CNCc1cc(C#N)n(C)c1C. The lowest BCUT2D eigenvalue weighted by molar-refractivity contribution is 0.390. The molecule has 5 heteroatoms. The second kappa shape index (κ2) is 6.22. The Labute approximate surface area is 118 Å². The first-order valence-electron chi connectivity index (χ1n) is 6.41. The van der Waals surface area contributed by atoms with Crippen LogP contribution in [0.4, 0.5) is 0 Å². The summed E-state index contributed by atoms with van der Waals surface area (Å²) in [5, 5.41) is 12.4. The van der Waals surface area contributed by atoms with Gasteiger partial charge < -0.3 is 14.6 Å². The molecule has 2 aromatic heterocycles. The maximum atomic E-state index is 9.01. The van der Waals surface area contributed by atoms with Crippen molar-refractivity contribution in [1.82, 2.24) is 14.9 Å². The van der Waals surface area contributed by atoms with Gasteiger partial charge in [-0.25, -0.2) is 4.98 Å². The number of hydrogen-bond acceptors (Lipinski definition) is 4. The van der Waals surface area contributed by atoms with Crippen LogP contribution in [0.5, 0.6) is 5.88 Å². The van der Waals surface area contributed by atoms with E-state index in [-0.39, 0.29) is 0 Å². The minimum absolute atomic E-state index is 0.641. The zero-order chi connectivity index (χ0) is 14.5. The third-order valence-corrected chi connectivity index (χ3v) is 3.43. The molecule has 0 amide bonds. The molecule has 1 N–H and O–H groups in total. The third-order valence-electron chi connectivity index (χ3n) is 3.43. The van der Waals surface area contributed by atoms with Crippen LogP contribution in [0.2, 0.25) is 0 Å². The van der Waals surface area contributed by atoms with Crippen LogP contribution in [0.3, 0.4) is 0 Å². The summed E-state index contributed by atoms with van der Waals surface area (Å²) in [4.78, 5) is 4.16. The van der Waals surface area contributed by atoms with Crippen molar-refractivity contribution in [2.75, 3.05) is 7.11 Å². The van der Waals surface area contributed by atoms with Gasteiger partial charge in [0.15, 0.2) is 0 Å². The molecule has 0 aliphatic heterocycles. The van der Waals surface area contributed by atoms with Crippen molar-refractivity contribution < 1.29 is 4.74 Å². The van der Waals surface area contributed by atoms with Crippen molar-refractivity contribution in [3.05, 3.63) is 46.9 Å². The Bertz CT molecular complexity index is 640. The molecule has 0 saturated heterocycles. The fraction of sp³-hybridized carbons (Fsp3) is 0.333. The first kappa shape index (κ1) is 14.1. The van der Waals surface area contributed by atoms with Crippen LogP contribution in [0, 0.1) is 18.3 Å². The Morgan fingerprint density at radius 3 is 2.80 bits per heavy atom. The highest BCUT2D eigenvalue weighted by molar-refractivity contribution is 5.34. The van der Waals surface area contributed by atoms with E-state index in [0.29, 0.717) is 24.7 Å². The van der Waals surface area contributed by atoms with Crippen LogP contribution in [-0.2, 0) is 20.1 Å². The first-order chi connectivity index (χ1) is 9.67. The smallest absolute Gasteiger partial charge is 0.217 e. The molecule has 0 saturated carbocycles. The number of nitrogens with zero attached hydrogens (tertiary/aromatic N) is 3. The number of nitriles is 1. The van der Waals surface area contributed by atoms with Gasteiger partial charge in [-0.1, -0.05) is 6.07 Å². The van der Waals surface area contributed by atoms with Gasteiger partial charge in [0.1, 0.15) is 11.8 Å². The van der Waals surface area contributed by atoms with E-state index < -0.39 is 0 Å². The minimum atomic E-state index is 0.641. The molecule has 104 valence electrons. The lowest BCUT2D eigenvalue weighted by Crippen LogP contribution is -2.14. The van der Waals surface area contributed by atoms with Crippen molar-refractivity contribution in [3.8, 4) is 11.9 Å². The quantitative estimate of drug-likeness (QED) is 0.901. The second-order valence-corrected chi connectivity index (χ2v) is 4.59. The Balaban J connectivity index is 2.02. The molecule has 0 aromatic carbocycles. The largest absolute Gasteiger partial charge is 0.481 e. The Morgan fingerprint density at radius 2 is 2.15 bits per heavy atom. The maximum absolute atomic E-state index is 9.01. The van der Waals surface area contributed by atoms with Crippen molar-refractivity contribution in [2.45, 2.75) is 20.0 Å². The van der Waals surface area contributed by atoms with E-state index in [2.05, 4.69) is 16.4 Å². The second-order valence-electron chi connectivity index (χ2n) is 4.59. The summed E-state index contributed by atoms with van der Waals surface area (Å²) in [6.45, 7) is 3.40. The summed E-state index contributed by atoms with van der Waals surface area (Å²) >= 11 is 0. The van der Waals surface area contributed by atoms with Gasteiger partial charge in [-0.05, 0) is 24.6 Å². The van der Waals surface area contributed by atoms with E-state index in [9.17, 15) is 0 Å². The summed E-state index contributed by atoms with van der Waals surface area (Å²) < 4.78 is 7.12. The van der Waals surface area contributed by atoms with Gasteiger partial charge in [0.25, 0.3) is 0 Å². The highest BCUT2D eigenvalue weighted by Gasteiger charge is 2.08. The monoisotopic (exact) mass is 270 g/mol. The lowest BCUT2D eigenvalue weighted by atomic mass is 10.2. The van der Waals surface area contributed by atoms with E-state index >= 15 is 0 Å². The minimum Gasteiger partial charge on any atom is -0.481 e. The number of ether oxygens (including phenoxy) is 1. The summed E-state index contributed by atoms with van der Waals surface area (Å²) in [6, 6.07) is 7.98. The van der Waals surface area contributed by atoms with Crippen LogP contribution in [0.1, 0.15) is 22.5 Å². The van der Waals surface area contributed by atoms with Gasteiger partial charge in [-0.3, -0.25) is 0 Å². The number of pyridine rings is 1. The topological polar surface area (TPSA) is 62.9 Å². The summed E-state index contributed by atoms with van der Waals surface area (Å²) in [6.07, 6.45) is 1.71. The Kier molecular flexibility index (Phi) is 4.38. The molecular weight excluding hydrogens is 252 g/mol. The van der Waals surface area contributed by atoms with E-state index in [1.807, 2.05) is 36.7 Å².